The number of amides is 1. The molecule has 1 N–H and O–H groups in total. The van der Waals surface area contributed by atoms with Gasteiger partial charge in [0.2, 0.25) is 5.91 Å². The number of hydrogen-bond donors (Lipinski definition) is 1. The summed E-state index contributed by atoms with van der Waals surface area (Å²) in [6, 6.07) is 4.27. The van der Waals surface area contributed by atoms with Gasteiger partial charge in [-0.05, 0) is 47.0 Å². The summed E-state index contributed by atoms with van der Waals surface area (Å²) < 4.78 is 13.4. The van der Waals surface area contributed by atoms with E-state index >= 15 is 0 Å². The molecule has 0 atom stereocenters. The van der Waals surface area contributed by atoms with Crippen LogP contribution >= 0.6 is 15.9 Å². The zero-order valence-electron chi connectivity index (χ0n) is 8.80. The lowest BCUT2D eigenvalue weighted by Crippen LogP contribution is -2.20. The molecule has 1 amide bonds. The van der Waals surface area contributed by atoms with Gasteiger partial charge in [0.15, 0.2) is 0 Å². The first kappa shape index (κ1) is 11.6. The molecule has 1 aromatic carbocycles. The molecule has 1 fully saturated rings. The number of anilines is 1. The van der Waals surface area contributed by atoms with Gasteiger partial charge in [0, 0.05) is 10.4 Å². The Morgan fingerprint density at radius 1 is 1.38 bits per heavy atom. The molecule has 1 saturated carbocycles. The maximum atomic E-state index is 12.8. The SMILES string of the molecule is O=C(Nc1ccc(F)cc1Br)C1CCCC1. The number of rotatable bonds is 2. The van der Waals surface area contributed by atoms with Crippen molar-refractivity contribution in [2.75, 3.05) is 5.32 Å². The standard InChI is InChI=1S/C12H13BrFNO/c13-10-7-9(14)5-6-11(10)15-12(16)8-3-1-2-4-8/h5-8H,1-4H2,(H,15,16). The number of carbonyl (C=O) groups is 1. The van der Waals surface area contributed by atoms with E-state index in [0.717, 1.165) is 25.7 Å². The molecule has 0 spiro atoms. The summed E-state index contributed by atoms with van der Waals surface area (Å²) in [6.07, 6.45) is 4.18. The fraction of sp³-hybridized carbons (Fsp3) is 0.417. The number of nitrogens with one attached hydrogen (secondary N) is 1. The van der Waals surface area contributed by atoms with Gasteiger partial charge >= 0.3 is 0 Å². The maximum Gasteiger partial charge on any atom is 0.227 e. The van der Waals surface area contributed by atoms with E-state index in [0.29, 0.717) is 10.2 Å². The van der Waals surface area contributed by atoms with E-state index in [1.54, 1.807) is 6.07 Å². The van der Waals surface area contributed by atoms with E-state index < -0.39 is 0 Å². The van der Waals surface area contributed by atoms with Gasteiger partial charge in [0.1, 0.15) is 5.82 Å². The Morgan fingerprint density at radius 3 is 2.69 bits per heavy atom. The van der Waals surface area contributed by atoms with Gasteiger partial charge in [-0.15, -0.1) is 0 Å². The van der Waals surface area contributed by atoms with Crippen LogP contribution in [-0.2, 0) is 4.79 Å². The van der Waals surface area contributed by atoms with Crippen LogP contribution in [0.1, 0.15) is 25.7 Å². The van der Waals surface area contributed by atoms with Crippen molar-refractivity contribution in [3.63, 3.8) is 0 Å². The third kappa shape index (κ3) is 2.61. The van der Waals surface area contributed by atoms with Crippen molar-refractivity contribution in [2.45, 2.75) is 25.7 Å². The van der Waals surface area contributed by atoms with Crippen molar-refractivity contribution in [3.8, 4) is 0 Å². The second-order valence-electron chi connectivity index (χ2n) is 4.09. The van der Waals surface area contributed by atoms with Crippen LogP contribution in [0.2, 0.25) is 0 Å². The Morgan fingerprint density at radius 2 is 2.06 bits per heavy atom. The van der Waals surface area contributed by atoms with E-state index in [2.05, 4.69) is 21.2 Å². The highest BCUT2D eigenvalue weighted by Gasteiger charge is 2.22. The molecule has 1 aromatic rings. The smallest absolute Gasteiger partial charge is 0.227 e. The molecule has 4 heteroatoms. The predicted molar refractivity (Wildman–Crippen MR) is 64.7 cm³/mol. The molecule has 0 unspecified atom stereocenters. The molecular weight excluding hydrogens is 273 g/mol. The molecule has 0 bridgehead atoms. The molecule has 0 aliphatic heterocycles. The summed E-state index contributed by atoms with van der Waals surface area (Å²) in [5.74, 6) is -0.146. The number of carbonyl (C=O) groups excluding carboxylic acids is 1. The van der Waals surface area contributed by atoms with Gasteiger partial charge in [-0.1, -0.05) is 12.8 Å². The third-order valence-electron chi connectivity index (χ3n) is 2.91. The molecule has 16 heavy (non-hydrogen) atoms. The van der Waals surface area contributed by atoms with Gasteiger partial charge in [-0.2, -0.15) is 0 Å². The van der Waals surface area contributed by atoms with Crippen LogP contribution in [0, 0.1) is 11.7 Å². The Hall–Kier alpha value is -0.900. The monoisotopic (exact) mass is 285 g/mol. The Kier molecular flexibility index (Phi) is 3.59. The molecular formula is C12H13BrFNO. The van der Waals surface area contributed by atoms with Crippen LogP contribution in [-0.4, -0.2) is 5.91 Å². The van der Waals surface area contributed by atoms with Crippen LogP contribution in [0.3, 0.4) is 0 Å². The zero-order chi connectivity index (χ0) is 11.5. The summed E-state index contributed by atoms with van der Waals surface area (Å²) in [6.45, 7) is 0. The van der Waals surface area contributed by atoms with Crippen molar-refractivity contribution in [1.29, 1.82) is 0 Å². The highest BCUT2D eigenvalue weighted by atomic mass is 79.9. The average molecular weight is 286 g/mol. The van der Waals surface area contributed by atoms with Crippen molar-refractivity contribution in [3.05, 3.63) is 28.5 Å². The van der Waals surface area contributed by atoms with Crippen LogP contribution in [0.15, 0.2) is 22.7 Å². The van der Waals surface area contributed by atoms with Crippen molar-refractivity contribution in [2.24, 2.45) is 5.92 Å². The highest BCUT2D eigenvalue weighted by Crippen LogP contribution is 2.28. The summed E-state index contributed by atoms with van der Waals surface area (Å²) >= 11 is 3.23. The minimum Gasteiger partial charge on any atom is -0.325 e. The van der Waals surface area contributed by atoms with Crippen LogP contribution in [0.25, 0.3) is 0 Å². The highest BCUT2D eigenvalue weighted by molar-refractivity contribution is 9.10. The number of hydrogen-bond acceptors (Lipinski definition) is 1. The first-order valence-electron chi connectivity index (χ1n) is 5.43. The zero-order valence-corrected chi connectivity index (χ0v) is 10.4. The van der Waals surface area contributed by atoms with Crippen LogP contribution in [0.4, 0.5) is 10.1 Å². The topological polar surface area (TPSA) is 29.1 Å². The number of benzene rings is 1. The summed E-state index contributed by atoms with van der Waals surface area (Å²) in [5, 5.41) is 2.83. The third-order valence-corrected chi connectivity index (χ3v) is 3.57. The Balaban J connectivity index is 2.05. The largest absolute Gasteiger partial charge is 0.325 e. The summed E-state index contributed by atoms with van der Waals surface area (Å²) in [5.41, 5.74) is 0.637. The van der Waals surface area contributed by atoms with E-state index in [1.165, 1.54) is 12.1 Å². The van der Waals surface area contributed by atoms with Crippen molar-refractivity contribution < 1.29 is 9.18 Å². The van der Waals surface area contributed by atoms with E-state index in [9.17, 15) is 9.18 Å². The lowest BCUT2D eigenvalue weighted by atomic mass is 10.1. The van der Waals surface area contributed by atoms with Gasteiger partial charge in [0.05, 0.1) is 5.69 Å². The first-order chi connectivity index (χ1) is 7.66. The molecule has 2 rings (SSSR count). The Labute approximate surface area is 102 Å². The molecule has 0 radical (unpaired) electrons. The van der Waals surface area contributed by atoms with E-state index in [1.807, 2.05) is 0 Å². The van der Waals surface area contributed by atoms with E-state index in [-0.39, 0.29) is 17.6 Å². The molecule has 1 aliphatic carbocycles. The fourth-order valence-corrected chi connectivity index (χ4v) is 2.46. The molecule has 0 heterocycles. The number of halogens is 2. The predicted octanol–water partition coefficient (Wildman–Crippen LogP) is 3.72. The first-order valence-corrected chi connectivity index (χ1v) is 6.22. The lowest BCUT2D eigenvalue weighted by molar-refractivity contribution is -0.119. The van der Waals surface area contributed by atoms with Crippen molar-refractivity contribution >= 4 is 27.5 Å². The summed E-state index contributed by atoms with van der Waals surface area (Å²) in [4.78, 5) is 11.8. The van der Waals surface area contributed by atoms with Gasteiger partial charge in [-0.3, -0.25) is 4.79 Å². The second kappa shape index (κ2) is 4.95. The Bertz CT molecular complexity index is 402. The maximum absolute atomic E-state index is 12.8. The fourth-order valence-electron chi connectivity index (χ4n) is 2.01. The van der Waals surface area contributed by atoms with Gasteiger partial charge < -0.3 is 5.32 Å². The molecule has 2 nitrogen and oxygen atoms in total. The quantitative estimate of drug-likeness (QED) is 0.882. The summed E-state index contributed by atoms with van der Waals surface area (Å²) in [7, 11) is 0. The molecule has 0 saturated heterocycles. The molecule has 86 valence electrons. The van der Waals surface area contributed by atoms with Crippen LogP contribution in [0.5, 0.6) is 0 Å². The lowest BCUT2D eigenvalue weighted by Gasteiger charge is -2.11. The normalized spacial score (nSPS) is 16.4. The minimum absolute atomic E-state index is 0.0461. The van der Waals surface area contributed by atoms with Crippen molar-refractivity contribution in [1.82, 2.24) is 0 Å². The molecule has 1 aliphatic rings. The van der Waals surface area contributed by atoms with E-state index in [4.69, 9.17) is 0 Å². The van der Waals surface area contributed by atoms with Gasteiger partial charge in [0.25, 0.3) is 0 Å². The second-order valence-corrected chi connectivity index (χ2v) is 4.95. The average Bonchev–Trinajstić information content (AvgIpc) is 2.75. The van der Waals surface area contributed by atoms with Gasteiger partial charge in [-0.25, -0.2) is 4.39 Å². The molecule has 0 aromatic heterocycles. The van der Waals surface area contributed by atoms with Crippen LogP contribution < -0.4 is 5.32 Å². The minimum atomic E-state index is -0.314.